The number of likely N-dealkylation sites (N-methyl/N-ethyl adjacent to an activating group) is 1. The fraction of sp³-hybridized carbons (Fsp3) is 0.333. The van der Waals surface area contributed by atoms with E-state index in [-0.39, 0.29) is 18.1 Å². The number of piperazine rings is 1. The molecular formula is C21H25FN4O2. The molecule has 1 aliphatic rings. The molecule has 6 nitrogen and oxygen atoms in total. The highest BCUT2D eigenvalue weighted by molar-refractivity contribution is 6.01. The Labute approximate surface area is 164 Å². The van der Waals surface area contributed by atoms with E-state index in [0.717, 1.165) is 31.9 Å². The lowest BCUT2D eigenvalue weighted by Crippen LogP contribution is -2.44. The maximum atomic E-state index is 13.7. The van der Waals surface area contributed by atoms with E-state index in [9.17, 15) is 14.0 Å². The Hall–Kier alpha value is -2.93. The molecule has 2 aromatic rings. The second-order valence-corrected chi connectivity index (χ2v) is 6.94. The summed E-state index contributed by atoms with van der Waals surface area (Å²) in [5, 5.41) is 2.51. The van der Waals surface area contributed by atoms with Gasteiger partial charge in [-0.25, -0.2) is 4.39 Å². The second-order valence-electron chi connectivity index (χ2n) is 6.94. The molecule has 148 valence electrons. The van der Waals surface area contributed by atoms with Crippen LogP contribution in [0.15, 0.2) is 48.5 Å². The van der Waals surface area contributed by atoms with E-state index in [1.807, 2.05) is 24.3 Å². The van der Waals surface area contributed by atoms with E-state index in [1.54, 1.807) is 12.1 Å². The molecule has 28 heavy (non-hydrogen) atoms. The van der Waals surface area contributed by atoms with Crippen molar-refractivity contribution in [2.45, 2.75) is 6.92 Å². The third kappa shape index (κ3) is 4.86. The van der Waals surface area contributed by atoms with Gasteiger partial charge in [0, 0.05) is 44.5 Å². The van der Waals surface area contributed by atoms with Crippen LogP contribution in [0.5, 0.6) is 0 Å². The van der Waals surface area contributed by atoms with Crippen LogP contribution in [-0.2, 0) is 9.59 Å². The van der Waals surface area contributed by atoms with Crippen LogP contribution in [0.1, 0.15) is 6.92 Å². The molecule has 3 rings (SSSR count). The number of nitrogens with one attached hydrogen (secondary N) is 1. The van der Waals surface area contributed by atoms with Crippen LogP contribution in [-0.4, -0.2) is 56.5 Å². The van der Waals surface area contributed by atoms with Gasteiger partial charge in [0.15, 0.2) is 0 Å². The molecule has 0 unspecified atom stereocenters. The molecule has 0 radical (unpaired) electrons. The number of hydrogen-bond acceptors (Lipinski definition) is 4. The van der Waals surface area contributed by atoms with Gasteiger partial charge in [0.25, 0.3) is 0 Å². The van der Waals surface area contributed by atoms with E-state index in [4.69, 9.17) is 0 Å². The number of carbonyl (C=O) groups is 2. The fourth-order valence-corrected chi connectivity index (χ4v) is 3.19. The van der Waals surface area contributed by atoms with Crippen LogP contribution in [0.4, 0.5) is 21.5 Å². The zero-order valence-electron chi connectivity index (χ0n) is 16.2. The number of hydrogen-bond donors (Lipinski definition) is 1. The summed E-state index contributed by atoms with van der Waals surface area (Å²) in [4.78, 5) is 30.4. The van der Waals surface area contributed by atoms with E-state index in [0.29, 0.717) is 5.69 Å². The zero-order chi connectivity index (χ0) is 20.1. The monoisotopic (exact) mass is 384 g/mol. The highest BCUT2D eigenvalue weighted by Crippen LogP contribution is 2.22. The topological polar surface area (TPSA) is 55.9 Å². The molecule has 1 N–H and O–H groups in total. The fourth-order valence-electron chi connectivity index (χ4n) is 3.19. The summed E-state index contributed by atoms with van der Waals surface area (Å²) in [5.74, 6) is -1.22. The summed E-state index contributed by atoms with van der Waals surface area (Å²) in [5.41, 5.74) is 1.83. The largest absolute Gasteiger partial charge is 0.369 e. The van der Waals surface area contributed by atoms with Crippen molar-refractivity contribution in [1.29, 1.82) is 0 Å². The van der Waals surface area contributed by atoms with Crippen molar-refractivity contribution in [1.82, 2.24) is 4.90 Å². The second kappa shape index (κ2) is 8.84. The smallest absolute Gasteiger partial charge is 0.244 e. The average Bonchev–Trinajstić information content (AvgIpc) is 2.68. The lowest BCUT2D eigenvalue weighted by Gasteiger charge is -2.34. The van der Waals surface area contributed by atoms with E-state index < -0.39 is 11.7 Å². The molecule has 2 amide bonds. The van der Waals surface area contributed by atoms with Gasteiger partial charge in [0.1, 0.15) is 12.4 Å². The maximum absolute atomic E-state index is 13.7. The van der Waals surface area contributed by atoms with Crippen molar-refractivity contribution in [3.05, 3.63) is 54.3 Å². The van der Waals surface area contributed by atoms with Crippen LogP contribution in [0.2, 0.25) is 0 Å². The Bertz CT molecular complexity index is 833. The maximum Gasteiger partial charge on any atom is 0.244 e. The zero-order valence-corrected chi connectivity index (χ0v) is 16.2. The number of rotatable bonds is 5. The Morgan fingerprint density at radius 3 is 2.29 bits per heavy atom. The first-order valence-electron chi connectivity index (χ1n) is 9.30. The first-order valence-corrected chi connectivity index (χ1v) is 9.30. The minimum atomic E-state index is -0.512. The molecule has 0 spiro atoms. The highest BCUT2D eigenvalue weighted by Gasteiger charge is 2.18. The summed E-state index contributed by atoms with van der Waals surface area (Å²) in [6, 6.07) is 13.5. The van der Waals surface area contributed by atoms with Crippen molar-refractivity contribution in [3.8, 4) is 0 Å². The molecule has 0 aliphatic carbocycles. The summed E-state index contributed by atoms with van der Waals surface area (Å²) < 4.78 is 13.7. The standard InChI is InChI=1S/C21H25FN4O2/c1-16(27)26(15-21(28)23-20-6-4-3-5-19(20)22)18-9-7-17(8-10-18)25-13-11-24(2)12-14-25/h3-10H,11-15H2,1-2H3,(H,23,28). The lowest BCUT2D eigenvalue weighted by molar-refractivity contribution is -0.120. The lowest BCUT2D eigenvalue weighted by atomic mass is 10.2. The molecule has 1 heterocycles. The van der Waals surface area contributed by atoms with Crippen molar-refractivity contribution >= 4 is 28.9 Å². The van der Waals surface area contributed by atoms with Crippen LogP contribution in [0.3, 0.4) is 0 Å². The molecule has 1 saturated heterocycles. The van der Waals surface area contributed by atoms with Gasteiger partial charge in [-0.1, -0.05) is 12.1 Å². The number of halogens is 1. The Balaban J connectivity index is 1.67. The third-order valence-electron chi connectivity index (χ3n) is 4.86. The summed E-state index contributed by atoms with van der Waals surface area (Å²) >= 11 is 0. The molecule has 1 fully saturated rings. The van der Waals surface area contributed by atoms with E-state index >= 15 is 0 Å². The van der Waals surface area contributed by atoms with Gasteiger partial charge in [-0.15, -0.1) is 0 Å². The Morgan fingerprint density at radius 1 is 1.04 bits per heavy atom. The molecule has 2 aromatic carbocycles. The number of benzene rings is 2. The van der Waals surface area contributed by atoms with Gasteiger partial charge in [-0.2, -0.15) is 0 Å². The summed E-state index contributed by atoms with van der Waals surface area (Å²) in [6.07, 6.45) is 0. The number of nitrogens with zero attached hydrogens (tertiary/aromatic N) is 3. The van der Waals surface area contributed by atoms with Crippen molar-refractivity contribution in [2.24, 2.45) is 0 Å². The number of amides is 2. The quantitative estimate of drug-likeness (QED) is 0.861. The molecular weight excluding hydrogens is 359 g/mol. The highest BCUT2D eigenvalue weighted by atomic mass is 19.1. The van der Waals surface area contributed by atoms with Crippen molar-refractivity contribution in [3.63, 3.8) is 0 Å². The van der Waals surface area contributed by atoms with Crippen LogP contribution in [0, 0.1) is 5.82 Å². The number of para-hydroxylation sites is 1. The molecule has 7 heteroatoms. The predicted molar refractivity (Wildman–Crippen MR) is 109 cm³/mol. The average molecular weight is 384 g/mol. The number of anilines is 3. The molecule has 0 atom stereocenters. The van der Waals surface area contributed by atoms with Gasteiger partial charge in [-0.05, 0) is 43.4 Å². The first kappa shape index (κ1) is 19.8. The third-order valence-corrected chi connectivity index (χ3v) is 4.86. The number of carbonyl (C=O) groups excluding carboxylic acids is 2. The van der Waals surface area contributed by atoms with Crippen molar-refractivity contribution in [2.75, 3.05) is 54.9 Å². The SMILES string of the molecule is CC(=O)N(CC(=O)Nc1ccccc1F)c1ccc(N2CCN(C)CC2)cc1. The van der Waals surface area contributed by atoms with Gasteiger partial charge >= 0.3 is 0 Å². The van der Waals surface area contributed by atoms with E-state index in [2.05, 4.69) is 22.2 Å². The van der Waals surface area contributed by atoms with Crippen LogP contribution >= 0.6 is 0 Å². The van der Waals surface area contributed by atoms with Crippen LogP contribution in [0.25, 0.3) is 0 Å². The minimum Gasteiger partial charge on any atom is -0.369 e. The summed E-state index contributed by atoms with van der Waals surface area (Å²) in [6.45, 7) is 5.16. The summed E-state index contributed by atoms with van der Waals surface area (Å²) in [7, 11) is 2.11. The molecule has 0 aromatic heterocycles. The minimum absolute atomic E-state index is 0.0985. The molecule has 0 saturated carbocycles. The van der Waals surface area contributed by atoms with Gasteiger partial charge in [0.2, 0.25) is 11.8 Å². The van der Waals surface area contributed by atoms with Gasteiger partial charge in [0.05, 0.1) is 5.69 Å². The Morgan fingerprint density at radius 2 is 1.68 bits per heavy atom. The van der Waals surface area contributed by atoms with Gasteiger partial charge in [-0.3, -0.25) is 9.59 Å². The Kier molecular flexibility index (Phi) is 6.26. The first-order chi connectivity index (χ1) is 13.4. The predicted octanol–water partition coefficient (Wildman–Crippen LogP) is 2.57. The van der Waals surface area contributed by atoms with E-state index in [1.165, 1.54) is 24.0 Å². The van der Waals surface area contributed by atoms with Crippen molar-refractivity contribution < 1.29 is 14.0 Å². The van der Waals surface area contributed by atoms with Crippen LogP contribution < -0.4 is 15.1 Å². The molecule has 1 aliphatic heterocycles. The molecule has 0 bridgehead atoms. The van der Waals surface area contributed by atoms with Gasteiger partial charge < -0.3 is 20.0 Å². The normalized spacial score (nSPS) is 14.6.